The van der Waals surface area contributed by atoms with Crippen molar-refractivity contribution in [2.24, 2.45) is 4.99 Å². The Morgan fingerprint density at radius 3 is 2.31 bits per heavy atom. The second-order valence-corrected chi connectivity index (χ2v) is 5.73. The topological polar surface area (TPSA) is 45.6 Å². The molecule has 0 saturated carbocycles. The third kappa shape index (κ3) is 7.70. The highest BCUT2D eigenvalue weighted by Gasteiger charge is 2.04. The summed E-state index contributed by atoms with van der Waals surface area (Å²) in [5, 5.41) is 6.54. The van der Waals surface area contributed by atoms with Crippen LogP contribution in [0.5, 0.6) is 0 Å². The van der Waals surface area contributed by atoms with Crippen molar-refractivity contribution in [2.75, 3.05) is 13.7 Å². The summed E-state index contributed by atoms with van der Waals surface area (Å²) < 4.78 is 18.6. The highest BCUT2D eigenvalue weighted by molar-refractivity contribution is 14.0. The summed E-state index contributed by atoms with van der Waals surface area (Å²) in [4.78, 5) is 4.23. The number of halogens is 2. The molecule has 0 aliphatic carbocycles. The summed E-state index contributed by atoms with van der Waals surface area (Å²) >= 11 is 0. The van der Waals surface area contributed by atoms with Crippen LogP contribution >= 0.6 is 24.0 Å². The fourth-order valence-corrected chi connectivity index (χ4v) is 2.38. The Kier molecular flexibility index (Phi) is 10.9. The van der Waals surface area contributed by atoms with Gasteiger partial charge in [0.15, 0.2) is 5.96 Å². The number of nitrogens with zero attached hydrogens (tertiary/aromatic N) is 1. The summed E-state index contributed by atoms with van der Waals surface area (Å²) in [6.45, 7) is 4.73. The minimum Gasteiger partial charge on any atom is -0.377 e. The fourth-order valence-electron chi connectivity index (χ4n) is 2.38. The lowest BCUT2D eigenvalue weighted by atomic mass is 10.1. The lowest BCUT2D eigenvalue weighted by molar-refractivity contribution is 0.121. The van der Waals surface area contributed by atoms with E-state index in [0.717, 1.165) is 18.6 Å². The molecule has 0 saturated heterocycles. The van der Waals surface area contributed by atoms with E-state index in [1.54, 1.807) is 19.2 Å². The van der Waals surface area contributed by atoms with Gasteiger partial charge in [0.25, 0.3) is 0 Å². The van der Waals surface area contributed by atoms with E-state index in [-0.39, 0.29) is 29.8 Å². The molecule has 0 aliphatic heterocycles. The molecular formula is C20H27FIN3O. The lowest BCUT2D eigenvalue weighted by Gasteiger charge is -2.14. The number of hydrogen-bond acceptors (Lipinski definition) is 2. The van der Waals surface area contributed by atoms with Gasteiger partial charge < -0.3 is 15.4 Å². The van der Waals surface area contributed by atoms with Crippen molar-refractivity contribution in [1.29, 1.82) is 0 Å². The largest absolute Gasteiger partial charge is 0.377 e. The highest BCUT2D eigenvalue weighted by Crippen LogP contribution is 2.10. The van der Waals surface area contributed by atoms with Gasteiger partial charge in [-0.3, -0.25) is 4.99 Å². The highest BCUT2D eigenvalue weighted by atomic mass is 127. The van der Waals surface area contributed by atoms with Gasteiger partial charge in [-0.1, -0.05) is 43.3 Å². The quantitative estimate of drug-likeness (QED) is 0.262. The van der Waals surface area contributed by atoms with E-state index < -0.39 is 0 Å². The van der Waals surface area contributed by atoms with Gasteiger partial charge in [-0.2, -0.15) is 0 Å². The summed E-state index contributed by atoms with van der Waals surface area (Å²) in [5.41, 5.74) is 3.36. The minimum atomic E-state index is -0.229. The Bertz CT molecular complexity index is 677. The number of rotatable bonds is 8. The van der Waals surface area contributed by atoms with Gasteiger partial charge in [-0.25, -0.2) is 4.39 Å². The third-order valence-corrected chi connectivity index (χ3v) is 3.77. The molecule has 2 rings (SSSR count). The van der Waals surface area contributed by atoms with Crippen LogP contribution in [0.25, 0.3) is 0 Å². The molecule has 6 heteroatoms. The van der Waals surface area contributed by atoms with Gasteiger partial charge in [0.05, 0.1) is 6.61 Å². The Morgan fingerprint density at radius 2 is 1.65 bits per heavy atom. The van der Waals surface area contributed by atoms with Gasteiger partial charge in [0.2, 0.25) is 0 Å². The van der Waals surface area contributed by atoms with Crippen LogP contribution in [0.4, 0.5) is 4.39 Å². The first-order valence-corrected chi connectivity index (χ1v) is 8.56. The van der Waals surface area contributed by atoms with E-state index in [0.29, 0.717) is 25.7 Å². The molecule has 0 fully saturated rings. The number of benzene rings is 2. The first kappa shape index (κ1) is 22.4. The first-order valence-electron chi connectivity index (χ1n) is 8.56. The monoisotopic (exact) mass is 471 g/mol. The van der Waals surface area contributed by atoms with Gasteiger partial charge in [-0.15, -0.1) is 24.0 Å². The summed E-state index contributed by atoms with van der Waals surface area (Å²) in [5.74, 6) is 0.474. The maximum absolute atomic E-state index is 12.9. The van der Waals surface area contributed by atoms with Gasteiger partial charge in [-0.05, 0) is 35.2 Å². The number of aliphatic imine (C=N–C) groups is 1. The van der Waals surface area contributed by atoms with Crippen molar-refractivity contribution in [2.45, 2.75) is 33.0 Å². The number of nitrogens with one attached hydrogen (secondary N) is 2. The van der Waals surface area contributed by atoms with Crippen molar-refractivity contribution in [3.63, 3.8) is 0 Å². The maximum Gasteiger partial charge on any atom is 0.191 e. The van der Waals surface area contributed by atoms with E-state index in [4.69, 9.17) is 4.74 Å². The van der Waals surface area contributed by atoms with Crippen LogP contribution in [0.3, 0.4) is 0 Å². The molecule has 0 aromatic heterocycles. The van der Waals surface area contributed by atoms with Crippen molar-refractivity contribution >= 4 is 29.9 Å². The van der Waals surface area contributed by atoms with Crippen LogP contribution in [-0.2, 0) is 24.4 Å². The number of hydrogen-bond donors (Lipinski definition) is 2. The zero-order chi connectivity index (χ0) is 17.9. The van der Waals surface area contributed by atoms with Gasteiger partial charge >= 0.3 is 0 Å². The zero-order valence-electron chi connectivity index (χ0n) is 15.3. The second-order valence-electron chi connectivity index (χ2n) is 5.73. The van der Waals surface area contributed by atoms with E-state index in [2.05, 4.69) is 34.7 Å². The maximum atomic E-state index is 12.9. The summed E-state index contributed by atoms with van der Waals surface area (Å²) in [6.07, 6.45) is 1.01. The molecule has 0 bridgehead atoms. The van der Waals surface area contributed by atoms with Crippen LogP contribution in [0.2, 0.25) is 0 Å². The van der Waals surface area contributed by atoms with Gasteiger partial charge in [0.1, 0.15) is 5.82 Å². The smallest absolute Gasteiger partial charge is 0.191 e. The predicted molar refractivity (Wildman–Crippen MR) is 115 cm³/mol. The van der Waals surface area contributed by atoms with E-state index in [1.165, 1.54) is 23.3 Å². The van der Waals surface area contributed by atoms with Crippen molar-refractivity contribution < 1.29 is 9.13 Å². The Morgan fingerprint density at radius 1 is 1.00 bits per heavy atom. The molecule has 2 aromatic rings. The predicted octanol–water partition coefficient (Wildman–Crippen LogP) is 4.24. The molecule has 0 heterocycles. The van der Waals surface area contributed by atoms with E-state index in [9.17, 15) is 4.39 Å². The molecule has 26 heavy (non-hydrogen) atoms. The standard InChI is InChI=1S/C20H26FN3O.HI/c1-3-12-25-15-18-7-5-4-6-17(18)14-24-20(22-2)23-13-16-8-10-19(21)11-9-16;/h4-11H,3,12-15H2,1-2H3,(H2,22,23,24);1H. The van der Waals surface area contributed by atoms with Gasteiger partial charge in [0, 0.05) is 26.7 Å². The molecule has 2 N–H and O–H groups in total. The van der Waals surface area contributed by atoms with Crippen molar-refractivity contribution in [1.82, 2.24) is 10.6 Å². The number of ether oxygens (including phenoxy) is 1. The van der Waals surface area contributed by atoms with Crippen molar-refractivity contribution in [3.05, 3.63) is 71.0 Å². The molecule has 2 aromatic carbocycles. The summed E-state index contributed by atoms with van der Waals surface area (Å²) in [7, 11) is 1.73. The van der Waals surface area contributed by atoms with E-state index in [1.807, 2.05) is 12.1 Å². The second kappa shape index (κ2) is 12.6. The molecule has 4 nitrogen and oxygen atoms in total. The molecule has 0 atom stereocenters. The van der Waals surface area contributed by atoms with Crippen LogP contribution in [0.15, 0.2) is 53.5 Å². The van der Waals surface area contributed by atoms with Crippen LogP contribution in [0, 0.1) is 5.82 Å². The molecule has 142 valence electrons. The fraction of sp³-hybridized carbons (Fsp3) is 0.350. The molecule has 0 spiro atoms. The normalized spacial score (nSPS) is 11.0. The lowest BCUT2D eigenvalue weighted by Crippen LogP contribution is -2.36. The third-order valence-electron chi connectivity index (χ3n) is 3.77. The Balaban J connectivity index is 0.00000338. The number of guanidine groups is 1. The molecular weight excluding hydrogens is 444 g/mol. The van der Waals surface area contributed by atoms with Crippen LogP contribution in [0.1, 0.15) is 30.0 Å². The molecule has 0 amide bonds. The van der Waals surface area contributed by atoms with E-state index >= 15 is 0 Å². The molecule has 0 unspecified atom stereocenters. The van der Waals surface area contributed by atoms with Crippen LogP contribution < -0.4 is 10.6 Å². The molecule has 0 aliphatic rings. The Hall–Kier alpha value is -1.67. The van der Waals surface area contributed by atoms with Crippen LogP contribution in [-0.4, -0.2) is 19.6 Å². The minimum absolute atomic E-state index is 0. The average molecular weight is 471 g/mol. The molecule has 0 radical (unpaired) electrons. The Labute approximate surface area is 172 Å². The van der Waals surface area contributed by atoms with Crippen molar-refractivity contribution in [3.8, 4) is 0 Å². The summed E-state index contributed by atoms with van der Waals surface area (Å²) in [6, 6.07) is 14.7. The zero-order valence-corrected chi connectivity index (χ0v) is 17.6. The SMILES string of the molecule is CCCOCc1ccccc1CNC(=NC)NCc1ccc(F)cc1.I. The first-order chi connectivity index (χ1) is 12.2. The average Bonchev–Trinajstić information content (AvgIpc) is 2.64.